The van der Waals surface area contributed by atoms with Gasteiger partial charge >= 0.3 is 0 Å². The van der Waals surface area contributed by atoms with E-state index in [1.165, 1.54) is 43.2 Å². The van der Waals surface area contributed by atoms with E-state index in [-0.39, 0.29) is 0 Å². The SMILES string of the molecule is c1ccc(-c2cc(-c3ccccc3)nc(-c3ccc(-c4ccc5c(c4)C4(c6ccccc6S5)c5ccccc5-c5ccccc54)o3)n2)cc1. The molecule has 1 aliphatic carbocycles. The van der Waals surface area contributed by atoms with Crippen molar-refractivity contribution in [1.29, 1.82) is 0 Å². The third-order valence-corrected chi connectivity index (χ3v) is 11.0. The molecule has 2 aliphatic rings. The van der Waals surface area contributed by atoms with Crippen LogP contribution in [-0.4, -0.2) is 9.97 Å². The van der Waals surface area contributed by atoms with Gasteiger partial charge < -0.3 is 4.42 Å². The predicted molar refractivity (Wildman–Crippen MR) is 197 cm³/mol. The summed E-state index contributed by atoms with van der Waals surface area (Å²) in [5, 5.41) is 0. The molecule has 0 amide bonds. The number of fused-ring (bicyclic) bond motifs is 9. The smallest absolute Gasteiger partial charge is 0.196 e. The zero-order valence-corrected chi connectivity index (χ0v) is 27.2. The van der Waals surface area contributed by atoms with Gasteiger partial charge in [-0.05, 0) is 69.8 Å². The summed E-state index contributed by atoms with van der Waals surface area (Å²) in [4.78, 5) is 12.6. The predicted octanol–water partition coefficient (Wildman–Crippen LogP) is 11.6. The molecule has 1 aliphatic heterocycles. The van der Waals surface area contributed by atoms with Gasteiger partial charge in [-0.15, -0.1) is 0 Å². The van der Waals surface area contributed by atoms with Crippen molar-refractivity contribution in [2.45, 2.75) is 15.2 Å². The first kappa shape index (κ1) is 28.1. The van der Waals surface area contributed by atoms with Crippen molar-refractivity contribution in [3.63, 3.8) is 0 Å². The monoisotopic (exact) mass is 644 g/mol. The van der Waals surface area contributed by atoms with Crippen molar-refractivity contribution < 1.29 is 4.42 Å². The Morgan fingerprint density at radius 3 is 1.59 bits per heavy atom. The number of hydrogen-bond acceptors (Lipinski definition) is 4. The Kier molecular flexibility index (Phi) is 6.33. The minimum atomic E-state index is -0.437. The second kappa shape index (κ2) is 11.0. The van der Waals surface area contributed by atoms with Crippen LogP contribution >= 0.6 is 11.8 Å². The highest BCUT2D eigenvalue weighted by Gasteiger charge is 2.50. The second-order valence-electron chi connectivity index (χ2n) is 12.5. The van der Waals surface area contributed by atoms with Gasteiger partial charge in [0.1, 0.15) is 5.76 Å². The van der Waals surface area contributed by atoms with Crippen LogP contribution < -0.4 is 0 Å². The summed E-state index contributed by atoms with van der Waals surface area (Å²) in [7, 11) is 0. The molecule has 8 aromatic rings. The second-order valence-corrected chi connectivity index (χ2v) is 13.6. The Morgan fingerprint density at radius 2 is 0.939 bits per heavy atom. The first-order valence-corrected chi connectivity index (χ1v) is 17.3. The number of nitrogens with zero attached hydrogens (tertiary/aromatic N) is 2. The van der Waals surface area contributed by atoms with Gasteiger partial charge in [-0.3, -0.25) is 0 Å². The molecule has 0 saturated heterocycles. The summed E-state index contributed by atoms with van der Waals surface area (Å²) >= 11 is 1.85. The van der Waals surface area contributed by atoms with Gasteiger partial charge in [0.05, 0.1) is 16.8 Å². The Balaban J connectivity index is 1.14. The van der Waals surface area contributed by atoms with Crippen molar-refractivity contribution in [3.8, 4) is 56.6 Å². The Labute approximate surface area is 289 Å². The molecule has 4 heteroatoms. The van der Waals surface area contributed by atoms with Crippen LogP contribution in [0.2, 0.25) is 0 Å². The summed E-state index contributed by atoms with van der Waals surface area (Å²) in [6, 6.07) is 60.0. The van der Waals surface area contributed by atoms with Crippen LogP contribution in [0.15, 0.2) is 184 Å². The first-order chi connectivity index (χ1) is 24.3. The van der Waals surface area contributed by atoms with E-state index in [4.69, 9.17) is 14.4 Å². The number of benzene rings is 6. The lowest BCUT2D eigenvalue weighted by molar-refractivity contribution is 0.591. The highest BCUT2D eigenvalue weighted by molar-refractivity contribution is 7.99. The van der Waals surface area contributed by atoms with E-state index >= 15 is 0 Å². The summed E-state index contributed by atoms with van der Waals surface area (Å²) in [6.45, 7) is 0. The summed E-state index contributed by atoms with van der Waals surface area (Å²) in [6.07, 6.45) is 0. The van der Waals surface area contributed by atoms with Crippen molar-refractivity contribution in [3.05, 3.63) is 192 Å². The normalized spacial score (nSPS) is 13.4. The molecule has 0 radical (unpaired) electrons. The van der Waals surface area contributed by atoms with Crippen LogP contribution in [-0.2, 0) is 5.41 Å². The molecule has 1 spiro atoms. The third kappa shape index (κ3) is 4.31. The molecule has 3 nitrogen and oxygen atoms in total. The Hall–Kier alpha value is -5.97. The minimum absolute atomic E-state index is 0.437. The van der Waals surface area contributed by atoms with Crippen molar-refractivity contribution in [2.75, 3.05) is 0 Å². The molecule has 230 valence electrons. The average Bonchev–Trinajstić information content (AvgIpc) is 3.79. The Bertz CT molecular complexity index is 2430. The topological polar surface area (TPSA) is 38.9 Å². The van der Waals surface area contributed by atoms with E-state index in [1.54, 1.807) is 0 Å². The van der Waals surface area contributed by atoms with Crippen molar-refractivity contribution in [1.82, 2.24) is 9.97 Å². The molecule has 10 rings (SSSR count). The molecule has 2 aromatic heterocycles. The molecule has 0 saturated carbocycles. The lowest BCUT2D eigenvalue weighted by Gasteiger charge is -2.39. The number of hydrogen-bond donors (Lipinski definition) is 0. The summed E-state index contributed by atoms with van der Waals surface area (Å²) in [5.74, 6) is 1.98. The zero-order chi connectivity index (χ0) is 32.4. The van der Waals surface area contributed by atoms with Crippen molar-refractivity contribution in [2.24, 2.45) is 0 Å². The highest BCUT2D eigenvalue weighted by atomic mass is 32.2. The van der Waals surface area contributed by atoms with E-state index in [9.17, 15) is 0 Å². The summed E-state index contributed by atoms with van der Waals surface area (Å²) < 4.78 is 6.66. The molecule has 0 fully saturated rings. The number of furan rings is 1. The maximum absolute atomic E-state index is 6.66. The van der Waals surface area contributed by atoms with E-state index in [2.05, 4.69) is 115 Å². The lowest BCUT2D eigenvalue weighted by Crippen LogP contribution is -2.32. The van der Waals surface area contributed by atoms with Crippen LogP contribution in [0.25, 0.3) is 56.6 Å². The molecule has 3 heterocycles. The molecule has 0 bridgehead atoms. The molecule has 6 aromatic carbocycles. The molecule has 49 heavy (non-hydrogen) atoms. The Morgan fingerprint density at radius 1 is 0.408 bits per heavy atom. The number of rotatable bonds is 4. The molecular weight excluding hydrogens is 617 g/mol. The standard InChI is InChI=1S/C45H28N2OS/c1-3-13-29(14-4-1)38-28-39(30-15-5-2-6-16-30)47-44(46-38)41-25-24-40(48-41)31-23-26-43-37(27-31)45(36-21-11-12-22-42(36)49-43)34-19-9-7-17-32(34)33-18-8-10-20-35(33)45/h1-28H. The van der Waals surface area contributed by atoms with Gasteiger partial charge in [-0.2, -0.15) is 0 Å². The van der Waals surface area contributed by atoms with Crippen LogP contribution in [0.4, 0.5) is 0 Å². The van der Waals surface area contributed by atoms with Gasteiger partial charge in [-0.1, -0.05) is 145 Å². The third-order valence-electron chi connectivity index (χ3n) is 9.82. The fourth-order valence-corrected chi connectivity index (χ4v) is 8.87. The van der Waals surface area contributed by atoms with Crippen LogP contribution in [0.1, 0.15) is 22.3 Å². The average molecular weight is 645 g/mol. The van der Waals surface area contributed by atoms with Crippen LogP contribution in [0, 0.1) is 0 Å². The quantitative estimate of drug-likeness (QED) is 0.191. The van der Waals surface area contributed by atoms with Crippen LogP contribution in [0.5, 0.6) is 0 Å². The van der Waals surface area contributed by atoms with E-state index in [0.29, 0.717) is 11.6 Å². The lowest BCUT2D eigenvalue weighted by atomic mass is 9.67. The molecule has 0 unspecified atom stereocenters. The maximum Gasteiger partial charge on any atom is 0.196 e. The maximum atomic E-state index is 6.66. The zero-order valence-electron chi connectivity index (χ0n) is 26.4. The van der Waals surface area contributed by atoms with Gasteiger partial charge in [0.15, 0.2) is 11.6 Å². The van der Waals surface area contributed by atoms with E-state index in [1.807, 2.05) is 66.4 Å². The molecular formula is C45H28N2OS. The van der Waals surface area contributed by atoms with Gasteiger partial charge in [-0.25, -0.2) is 9.97 Å². The van der Waals surface area contributed by atoms with E-state index < -0.39 is 5.41 Å². The highest BCUT2D eigenvalue weighted by Crippen LogP contribution is 2.62. The molecule has 0 atom stereocenters. The van der Waals surface area contributed by atoms with Crippen LogP contribution in [0.3, 0.4) is 0 Å². The van der Waals surface area contributed by atoms with E-state index in [0.717, 1.165) is 33.8 Å². The van der Waals surface area contributed by atoms with Gasteiger partial charge in [0, 0.05) is 26.5 Å². The minimum Gasteiger partial charge on any atom is -0.453 e. The van der Waals surface area contributed by atoms with Crippen molar-refractivity contribution >= 4 is 11.8 Å². The van der Waals surface area contributed by atoms with Gasteiger partial charge in [0.2, 0.25) is 0 Å². The fraction of sp³-hybridized carbons (Fsp3) is 0.0222. The molecule has 0 N–H and O–H groups in total. The summed E-state index contributed by atoms with van der Waals surface area (Å²) in [5.41, 5.74) is 12.2. The van der Waals surface area contributed by atoms with Gasteiger partial charge in [0.25, 0.3) is 0 Å². The largest absolute Gasteiger partial charge is 0.453 e. The number of aromatic nitrogens is 2. The fourth-order valence-electron chi connectivity index (χ4n) is 7.69. The first-order valence-electron chi connectivity index (χ1n) is 16.5.